The molecule has 0 unspecified atom stereocenters. The van der Waals surface area contributed by atoms with Crippen LogP contribution in [0.4, 0.5) is 10.5 Å². The Morgan fingerprint density at radius 2 is 1.81 bits per heavy atom. The summed E-state index contributed by atoms with van der Waals surface area (Å²) >= 11 is 0. The zero-order valence-electron chi connectivity index (χ0n) is 22.0. The molecule has 0 radical (unpaired) electrons. The van der Waals surface area contributed by atoms with Gasteiger partial charge in [0.25, 0.3) is 0 Å². The Bertz CT molecular complexity index is 1220. The van der Waals surface area contributed by atoms with Gasteiger partial charge in [0.15, 0.2) is 0 Å². The molecule has 3 heterocycles. The van der Waals surface area contributed by atoms with E-state index in [2.05, 4.69) is 4.98 Å². The smallest absolute Gasteiger partial charge is 0.410 e. The minimum Gasteiger partial charge on any atom is -0.489 e. The first-order chi connectivity index (χ1) is 17.0. The summed E-state index contributed by atoms with van der Waals surface area (Å²) in [6.07, 6.45) is 4.99. The molecule has 0 N–H and O–H groups in total. The third-order valence-corrected chi connectivity index (χ3v) is 6.25. The number of amides is 2. The third kappa shape index (κ3) is 5.80. The van der Waals surface area contributed by atoms with E-state index in [1.54, 1.807) is 16.0 Å². The quantitative estimate of drug-likeness (QED) is 0.475. The SMILES string of the molecule is CC(C)C(=O)N(C)c1ccc2c(ccn2-c2ccc(OC3CCN(C(=O)OC(C)(C)C)CC3)cn2)c1. The summed E-state index contributed by atoms with van der Waals surface area (Å²) in [5.74, 6) is 1.53. The van der Waals surface area contributed by atoms with Gasteiger partial charge >= 0.3 is 6.09 Å². The van der Waals surface area contributed by atoms with Crippen LogP contribution in [-0.4, -0.2) is 58.3 Å². The molecule has 0 spiro atoms. The summed E-state index contributed by atoms with van der Waals surface area (Å²) in [4.78, 5) is 32.7. The largest absolute Gasteiger partial charge is 0.489 e. The van der Waals surface area contributed by atoms with Crippen molar-refractivity contribution in [2.75, 3.05) is 25.0 Å². The first kappa shape index (κ1) is 25.5. The molecule has 0 bridgehead atoms. The van der Waals surface area contributed by atoms with Crippen LogP contribution in [0.5, 0.6) is 5.75 Å². The fourth-order valence-corrected chi connectivity index (χ4v) is 4.31. The number of nitrogens with zero attached hydrogens (tertiary/aromatic N) is 4. The van der Waals surface area contributed by atoms with E-state index in [9.17, 15) is 9.59 Å². The molecule has 2 aromatic heterocycles. The number of rotatable bonds is 5. The van der Waals surface area contributed by atoms with Gasteiger partial charge in [-0.2, -0.15) is 0 Å². The fourth-order valence-electron chi connectivity index (χ4n) is 4.31. The van der Waals surface area contributed by atoms with Gasteiger partial charge in [-0.15, -0.1) is 0 Å². The molecular formula is C28H36N4O4. The average Bonchev–Trinajstić information content (AvgIpc) is 3.26. The van der Waals surface area contributed by atoms with Gasteiger partial charge in [0.2, 0.25) is 5.91 Å². The number of hydrogen-bond acceptors (Lipinski definition) is 5. The minimum atomic E-state index is -0.492. The molecule has 4 rings (SSSR count). The molecule has 8 heteroatoms. The highest BCUT2D eigenvalue weighted by atomic mass is 16.6. The van der Waals surface area contributed by atoms with Gasteiger partial charge in [0.05, 0.1) is 11.7 Å². The molecule has 2 amide bonds. The summed E-state index contributed by atoms with van der Waals surface area (Å²) < 4.78 is 13.6. The van der Waals surface area contributed by atoms with Crippen molar-refractivity contribution in [2.24, 2.45) is 5.92 Å². The van der Waals surface area contributed by atoms with Crippen LogP contribution >= 0.6 is 0 Å². The molecule has 8 nitrogen and oxygen atoms in total. The van der Waals surface area contributed by atoms with Crippen LogP contribution in [0.3, 0.4) is 0 Å². The Hall–Kier alpha value is -3.55. The van der Waals surface area contributed by atoms with Gasteiger partial charge < -0.3 is 23.8 Å². The van der Waals surface area contributed by atoms with E-state index < -0.39 is 5.60 Å². The topological polar surface area (TPSA) is 76.9 Å². The number of carbonyl (C=O) groups excluding carboxylic acids is 2. The van der Waals surface area contributed by atoms with E-state index in [0.29, 0.717) is 18.8 Å². The maximum Gasteiger partial charge on any atom is 0.410 e. The lowest BCUT2D eigenvalue weighted by Gasteiger charge is -2.33. The first-order valence-corrected chi connectivity index (χ1v) is 12.5. The van der Waals surface area contributed by atoms with Gasteiger partial charge in [-0.05, 0) is 57.2 Å². The molecule has 1 saturated heterocycles. The zero-order chi connectivity index (χ0) is 26.0. The predicted octanol–water partition coefficient (Wildman–Crippen LogP) is 5.42. The molecule has 1 aromatic carbocycles. The lowest BCUT2D eigenvalue weighted by atomic mass is 10.1. The van der Waals surface area contributed by atoms with Crippen molar-refractivity contribution < 1.29 is 19.1 Å². The van der Waals surface area contributed by atoms with Gasteiger partial charge in [-0.3, -0.25) is 4.79 Å². The van der Waals surface area contributed by atoms with Crippen molar-refractivity contribution >= 4 is 28.6 Å². The Kier molecular flexibility index (Phi) is 7.24. The lowest BCUT2D eigenvalue weighted by molar-refractivity contribution is -0.121. The second-order valence-electron chi connectivity index (χ2n) is 10.6. The standard InChI is InChI=1S/C28H36N4O4/c1-19(2)26(33)30(6)21-7-9-24-20(17-21)11-16-32(24)25-10-8-23(18-29-25)35-22-12-14-31(15-13-22)27(34)36-28(3,4)5/h7-11,16-19,22H,12-15H2,1-6H3. The van der Waals surface area contributed by atoms with E-state index >= 15 is 0 Å². The molecule has 36 heavy (non-hydrogen) atoms. The summed E-state index contributed by atoms with van der Waals surface area (Å²) in [6, 6.07) is 11.9. The molecule has 0 saturated carbocycles. The normalized spacial score (nSPS) is 14.8. The number of carbonyl (C=O) groups is 2. The van der Waals surface area contributed by atoms with Crippen LogP contribution in [0, 0.1) is 5.92 Å². The molecule has 3 aromatic rings. The van der Waals surface area contributed by atoms with Crippen molar-refractivity contribution in [1.29, 1.82) is 0 Å². The molecule has 1 aliphatic heterocycles. The van der Waals surface area contributed by atoms with Crippen LogP contribution in [0.2, 0.25) is 0 Å². The lowest BCUT2D eigenvalue weighted by Crippen LogP contribution is -2.44. The summed E-state index contributed by atoms with van der Waals surface area (Å²) in [7, 11) is 1.81. The summed E-state index contributed by atoms with van der Waals surface area (Å²) in [5, 5.41) is 1.04. The average molecular weight is 493 g/mol. The molecule has 192 valence electrons. The predicted molar refractivity (Wildman–Crippen MR) is 141 cm³/mol. The van der Waals surface area contributed by atoms with Crippen molar-refractivity contribution in [2.45, 2.75) is 59.2 Å². The van der Waals surface area contributed by atoms with Gasteiger partial charge in [-0.25, -0.2) is 9.78 Å². The van der Waals surface area contributed by atoms with Crippen LogP contribution in [0.15, 0.2) is 48.8 Å². The van der Waals surface area contributed by atoms with Crippen LogP contribution in [0.25, 0.3) is 16.7 Å². The number of piperidine rings is 1. The molecular weight excluding hydrogens is 456 g/mol. The van der Waals surface area contributed by atoms with Crippen LogP contribution < -0.4 is 9.64 Å². The van der Waals surface area contributed by atoms with Gasteiger partial charge in [-0.1, -0.05) is 13.8 Å². The number of pyridine rings is 1. The minimum absolute atomic E-state index is 0.0349. The monoisotopic (exact) mass is 492 g/mol. The van der Waals surface area contributed by atoms with Crippen LogP contribution in [-0.2, 0) is 9.53 Å². The molecule has 1 aliphatic rings. The maximum absolute atomic E-state index is 12.4. The second kappa shape index (κ2) is 10.2. The molecule has 1 fully saturated rings. The Balaban J connectivity index is 1.38. The van der Waals surface area contributed by atoms with Crippen molar-refractivity contribution in [3.63, 3.8) is 0 Å². The van der Waals surface area contributed by atoms with E-state index in [-0.39, 0.29) is 24.0 Å². The maximum atomic E-state index is 12.4. The summed E-state index contributed by atoms with van der Waals surface area (Å²) in [6.45, 7) is 10.7. The van der Waals surface area contributed by atoms with Gasteiger partial charge in [0, 0.05) is 56.2 Å². The number of ether oxygens (including phenoxy) is 2. The Morgan fingerprint density at radius 3 is 2.42 bits per heavy atom. The Morgan fingerprint density at radius 1 is 1.08 bits per heavy atom. The number of anilines is 1. The fraction of sp³-hybridized carbons (Fsp3) is 0.464. The highest BCUT2D eigenvalue weighted by Gasteiger charge is 2.27. The summed E-state index contributed by atoms with van der Waals surface area (Å²) in [5.41, 5.74) is 1.39. The van der Waals surface area contributed by atoms with Crippen molar-refractivity contribution in [3.8, 4) is 11.6 Å². The number of likely N-dealkylation sites (tertiary alicyclic amines) is 1. The number of aromatic nitrogens is 2. The van der Waals surface area contributed by atoms with E-state index in [0.717, 1.165) is 35.2 Å². The first-order valence-electron chi connectivity index (χ1n) is 12.5. The van der Waals surface area contributed by atoms with Crippen LogP contribution in [0.1, 0.15) is 47.5 Å². The van der Waals surface area contributed by atoms with E-state index in [1.807, 2.05) is 88.8 Å². The number of hydrogen-bond donors (Lipinski definition) is 0. The molecule has 0 atom stereocenters. The highest BCUT2D eigenvalue weighted by molar-refractivity contribution is 5.96. The number of benzene rings is 1. The van der Waals surface area contributed by atoms with Crippen molar-refractivity contribution in [1.82, 2.24) is 14.5 Å². The number of fused-ring (bicyclic) bond motifs is 1. The van der Waals surface area contributed by atoms with Gasteiger partial charge in [0.1, 0.15) is 23.3 Å². The van der Waals surface area contributed by atoms with E-state index in [1.165, 1.54) is 0 Å². The van der Waals surface area contributed by atoms with E-state index in [4.69, 9.17) is 9.47 Å². The molecule has 0 aliphatic carbocycles. The third-order valence-electron chi connectivity index (χ3n) is 6.25. The second-order valence-corrected chi connectivity index (χ2v) is 10.6. The van der Waals surface area contributed by atoms with Crippen molar-refractivity contribution in [3.05, 3.63) is 48.8 Å². The zero-order valence-corrected chi connectivity index (χ0v) is 22.0. The highest BCUT2D eigenvalue weighted by Crippen LogP contribution is 2.27. The Labute approximate surface area is 212 Å².